The molecule has 1 rings (SSSR count). The second kappa shape index (κ2) is 5.54. The van der Waals surface area contributed by atoms with E-state index >= 15 is 0 Å². The fourth-order valence-corrected chi connectivity index (χ4v) is 1.04. The molecular weight excluding hydrogens is 169 g/mol. The summed E-state index contributed by atoms with van der Waals surface area (Å²) < 4.78 is 11.7. The summed E-state index contributed by atoms with van der Waals surface area (Å²) in [5.41, 5.74) is 1.09. The first-order valence-corrected chi connectivity index (χ1v) is 4.37. The average Bonchev–Trinajstić information content (AvgIpc) is 2.15. The average molecular weight is 183 g/mol. The molecule has 0 radical (unpaired) electrons. The molecular formula is C10H14FNO. The number of alkyl halides is 1. The first-order chi connectivity index (χ1) is 6.33. The number of rotatable bonds is 5. The van der Waals surface area contributed by atoms with Crippen LogP contribution in [0.5, 0.6) is 5.75 Å². The van der Waals surface area contributed by atoms with Crippen LogP contribution in [0, 0.1) is 0 Å². The van der Waals surface area contributed by atoms with Gasteiger partial charge in [0.15, 0.2) is 0 Å². The molecule has 2 nitrogen and oxygen atoms in total. The van der Waals surface area contributed by atoms with Crippen molar-refractivity contribution < 1.29 is 9.50 Å². The van der Waals surface area contributed by atoms with Crippen molar-refractivity contribution in [3.05, 3.63) is 29.8 Å². The molecule has 1 aromatic carbocycles. The Balaban J connectivity index is 2.25. The highest BCUT2D eigenvalue weighted by Gasteiger charge is 1.92. The van der Waals surface area contributed by atoms with Gasteiger partial charge >= 0.3 is 0 Å². The van der Waals surface area contributed by atoms with E-state index in [9.17, 15) is 4.39 Å². The van der Waals surface area contributed by atoms with Crippen LogP contribution in [0.15, 0.2) is 24.3 Å². The third-order valence-electron chi connectivity index (χ3n) is 1.75. The Morgan fingerprint density at radius 1 is 1.23 bits per heavy atom. The van der Waals surface area contributed by atoms with Gasteiger partial charge in [0.05, 0.1) is 6.67 Å². The van der Waals surface area contributed by atoms with E-state index in [1.54, 1.807) is 12.1 Å². The van der Waals surface area contributed by atoms with Gasteiger partial charge in [-0.15, -0.1) is 0 Å². The van der Waals surface area contributed by atoms with E-state index in [1.165, 1.54) is 0 Å². The van der Waals surface area contributed by atoms with Crippen molar-refractivity contribution in [3.63, 3.8) is 0 Å². The normalized spacial score (nSPS) is 10.2. The smallest absolute Gasteiger partial charge is 0.115 e. The molecule has 0 fully saturated rings. The van der Waals surface area contributed by atoms with Crippen LogP contribution in [-0.4, -0.2) is 18.3 Å². The maximum absolute atomic E-state index is 11.7. The van der Waals surface area contributed by atoms with Gasteiger partial charge in [-0.1, -0.05) is 12.1 Å². The van der Waals surface area contributed by atoms with Crippen LogP contribution >= 0.6 is 0 Å². The number of phenolic OH excluding ortho intramolecular Hbond substituents is 1. The first-order valence-electron chi connectivity index (χ1n) is 4.37. The zero-order valence-electron chi connectivity index (χ0n) is 7.46. The Labute approximate surface area is 77.4 Å². The number of benzene rings is 1. The summed E-state index contributed by atoms with van der Waals surface area (Å²) in [5.74, 6) is 0.271. The van der Waals surface area contributed by atoms with Crippen molar-refractivity contribution in [2.24, 2.45) is 0 Å². The van der Waals surface area contributed by atoms with Gasteiger partial charge in [0.25, 0.3) is 0 Å². The molecule has 2 N–H and O–H groups in total. The molecule has 72 valence electrons. The highest BCUT2D eigenvalue weighted by Crippen LogP contribution is 2.08. The van der Waals surface area contributed by atoms with E-state index in [0.29, 0.717) is 13.0 Å². The van der Waals surface area contributed by atoms with E-state index in [-0.39, 0.29) is 12.4 Å². The zero-order valence-corrected chi connectivity index (χ0v) is 7.46. The van der Waals surface area contributed by atoms with Gasteiger partial charge in [-0.2, -0.15) is 0 Å². The van der Waals surface area contributed by atoms with Crippen molar-refractivity contribution in [1.82, 2.24) is 5.32 Å². The second-order valence-electron chi connectivity index (χ2n) is 2.89. The van der Waals surface area contributed by atoms with Crippen molar-refractivity contribution in [2.75, 3.05) is 13.2 Å². The number of hydrogen-bond acceptors (Lipinski definition) is 2. The molecule has 0 aromatic heterocycles. The van der Waals surface area contributed by atoms with Crippen LogP contribution in [0.3, 0.4) is 0 Å². The summed E-state index contributed by atoms with van der Waals surface area (Å²) in [5, 5.41) is 12.1. The zero-order chi connectivity index (χ0) is 9.52. The van der Waals surface area contributed by atoms with Crippen LogP contribution in [0.2, 0.25) is 0 Å². The van der Waals surface area contributed by atoms with Gasteiger partial charge in [0, 0.05) is 6.54 Å². The Hall–Kier alpha value is -1.09. The van der Waals surface area contributed by atoms with Gasteiger partial charge in [-0.05, 0) is 30.7 Å². The third kappa shape index (κ3) is 3.90. The minimum absolute atomic E-state index is 0.271. The molecule has 0 unspecified atom stereocenters. The fraction of sp³-hybridized carbons (Fsp3) is 0.400. The van der Waals surface area contributed by atoms with Crippen LogP contribution in [0.1, 0.15) is 12.0 Å². The summed E-state index contributed by atoms with van der Waals surface area (Å²) in [4.78, 5) is 0. The minimum Gasteiger partial charge on any atom is -0.508 e. The molecule has 0 aliphatic rings. The summed E-state index contributed by atoms with van der Waals surface area (Å²) in [6.07, 6.45) is 0.554. The van der Waals surface area contributed by atoms with Crippen molar-refractivity contribution in [2.45, 2.75) is 13.0 Å². The third-order valence-corrected chi connectivity index (χ3v) is 1.75. The molecule has 0 heterocycles. The number of hydrogen-bond donors (Lipinski definition) is 2. The molecule has 0 bridgehead atoms. The molecule has 0 amide bonds. The largest absolute Gasteiger partial charge is 0.508 e. The Morgan fingerprint density at radius 3 is 2.54 bits per heavy atom. The summed E-state index contributed by atoms with van der Waals surface area (Å²) in [6, 6.07) is 6.98. The molecule has 0 aliphatic carbocycles. The second-order valence-corrected chi connectivity index (χ2v) is 2.89. The Bertz CT molecular complexity index is 235. The first kappa shape index (κ1) is 9.99. The van der Waals surface area contributed by atoms with E-state index in [4.69, 9.17) is 5.11 Å². The standard InChI is InChI=1S/C10H14FNO/c11-6-1-7-12-8-9-2-4-10(13)5-3-9/h2-5,12-13H,1,6-8H2. The van der Waals surface area contributed by atoms with Crippen molar-refractivity contribution in [3.8, 4) is 5.75 Å². The summed E-state index contributed by atoms with van der Waals surface area (Å²) in [7, 11) is 0. The van der Waals surface area contributed by atoms with Crippen LogP contribution in [0.25, 0.3) is 0 Å². The van der Waals surface area contributed by atoms with Crippen LogP contribution < -0.4 is 5.32 Å². The minimum atomic E-state index is -0.275. The molecule has 3 heteroatoms. The van der Waals surface area contributed by atoms with Gasteiger partial charge in [0.2, 0.25) is 0 Å². The number of aromatic hydroxyl groups is 1. The van der Waals surface area contributed by atoms with Gasteiger partial charge in [0.1, 0.15) is 5.75 Å². The van der Waals surface area contributed by atoms with Gasteiger partial charge < -0.3 is 10.4 Å². The van der Waals surface area contributed by atoms with E-state index in [0.717, 1.165) is 12.1 Å². The lowest BCUT2D eigenvalue weighted by molar-refractivity contribution is 0.459. The molecule has 0 saturated carbocycles. The SMILES string of the molecule is Oc1ccc(CNCCCF)cc1. The number of phenols is 1. The predicted molar refractivity (Wildman–Crippen MR) is 50.4 cm³/mol. The lowest BCUT2D eigenvalue weighted by Crippen LogP contribution is -2.14. The highest BCUT2D eigenvalue weighted by atomic mass is 19.1. The van der Waals surface area contributed by atoms with Crippen molar-refractivity contribution >= 4 is 0 Å². The van der Waals surface area contributed by atoms with E-state index < -0.39 is 0 Å². The maximum atomic E-state index is 11.7. The van der Waals surface area contributed by atoms with Crippen LogP contribution in [-0.2, 0) is 6.54 Å². The van der Waals surface area contributed by atoms with E-state index in [1.807, 2.05) is 12.1 Å². The van der Waals surface area contributed by atoms with Gasteiger partial charge in [-0.3, -0.25) is 4.39 Å². The predicted octanol–water partition coefficient (Wildman–Crippen LogP) is 1.84. The molecule has 0 saturated heterocycles. The Morgan fingerprint density at radius 2 is 1.92 bits per heavy atom. The molecule has 0 aliphatic heterocycles. The monoisotopic (exact) mass is 183 g/mol. The van der Waals surface area contributed by atoms with Crippen molar-refractivity contribution in [1.29, 1.82) is 0 Å². The fourth-order valence-electron chi connectivity index (χ4n) is 1.04. The molecule has 0 spiro atoms. The maximum Gasteiger partial charge on any atom is 0.115 e. The molecule has 1 aromatic rings. The molecule has 0 atom stereocenters. The lowest BCUT2D eigenvalue weighted by Gasteiger charge is -2.02. The summed E-state index contributed by atoms with van der Waals surface area (Å²) >= 11 is 0. The lowest BCUT2D eigenvalue weighted by atomic mass is 10.2. The number of nitrogens with one attached hydrogen (secondary N) is 1. The number of halogens is 1. The van der Waals surface area contributed by atoms with E-state index in [2.05, 4.69) is 5.32 Å². The highest BCUT2D eigenvalue weighted by molar-refractivity contribution is 5.25. The van der Waals surface area contributed by atoms with Crippen LogP contribution in [0.4, 0.5) is 4.39 Å². The quantitative estimate of drug-likeness (QED) is 0.683. The summed E-state index contributed by atoms with van der Waals surface area (Å²) in [6.45, 7) is 1.14. The van der Waals surface area contributed by atoms with Gasteiger partial charge in [-0.25, -0.2) is 0 Å². The topological polar surface area (TPSA) is 32.3 Å². The molecule has 13 heavy (non-hydrogen) atoms. The Kier molecular flexibility index (Phi) is 4.26.